The quantitative estimate of drug-likeness (QED) is 0.521. The van der Waals surface area contributed by atoms with Gasteiger partial charge in [0.25, 0.3) is 0 Å². The molecule has 3 aromatic carbocycles. The second kappa shape index (κ2) is 5.91. The van der Waals surface area contributed by atoms with Crippen LogP contribution in [0.15, 0.2) is 60.7 Å². The molecule has 0 aromatic heterocycles. The number of halogens is 1. The van der Waals surface area contributed by atoms with Gasteiger partial charge < -0.3 is 0 Å². The van der Waals surface area contributed by atoms with Crippen LogP contribution in [0.2, 0.25) is 0 Å². The first-order chi connectivity index (χ1) is 10.1. The van der Waals surface area contributed by atoms with Gasteiger partial charge in [-0.1, -0.05) is 66.2 Å². The van der Waals surface area contributed by atoms with Gasteiger partial charge in [0.05, 0.1) is 5.38 Å². The van der Waals surface area contributed by atoms with E-state index in [2.05, 4.69) is 74.5 Å². The molecule has 3 rings (SSSR count). The number of alkyl halides is 1. The summed E-state index contributed by atoms with van der Waals surface area (Å²) >= 11 is 6.70. The molecule has 0 saturated carbocycles. The molecule has 0 aliphatic carbocycles. The average molecular weight is 295 g/mol. The van der Waals surface area contributed by atoms with Crippen molar-refractivity contribution >= 4 is 22.4 Å². The van der Waals surface area contributed by atoms with Gasteiger partial charge in [0.1, 0.15) is 0 Å². The van der Waals surface area contributed by atoms with Crippen LogP contribution in [0.5, 0.6) is 0 Å². The van der Waals surface area contributed by atoms with E-state index < -0.39 is 0 Å². The van der Waals surface area contributed by atoms with Crippen LogP contribution in [-0.2, 0) is 6.42 Å². The van der Waals surface area contributed by atoms with E-state index in [1.54, 1.807) is 0 Å². The normalized spacial score (nSPS) is 12.5. The zero-order chi connectivity index (χ0) is 14.8. The largest absolute Gasteiger partial charge is 0.117 e. The summed E-state index contributed by atoms with van der Waals surface area (Å²) in [5.74, 6) is 0. The topological polar surface area (TPSA) is 0 Å². The molecule has 0 radical (unpaired) electrons. The molecule has 0 heterocycles. The Morgan fingerprint density at radius 2 is 1.67 bits per heavy atom. The Kier molecular flexibility index (Phi) is 3.98. The molecule has 0 N–H and O–H groups in total. The maximum Gasteiger partial charge on any atom is 0.0628 e. The van der Waals surface area contributed by atoms with E-state index in [4.69, 9.17) is 11.6 Å². The molecule has 0 bridgehead atoms. The minimum absolute atomic E-state index is 0.0106. The highest BCUT2D eigenvalue weighted by Gasteiger charge is 2.13. The van der Waals surface area contributed by atoms with Gasteiger partial charge in [0.15, 0.2) is 0 Å². The van der Waals surface area contributed by atoms with Crippen molar-refractivity contribution in [3.05, 3.63) is 82.9 Å². The summed E-state index contributed by atoms with van der Waals surface area (Å²) in [6, 6.07) is 21.4. The number of aryl methyl sites for hydroxylation is 2. The molecule has 0 nitrogen and oxygen atoms in total. The fourth-order valence-electron chi connectivity index (χ4n) is 2.95. The maximum absolute atomic E-state index is 6.70. The van der Waals surface area contributed by atoms with Gasteiger partial charge in [-0.25, -0.2) is 0 Å². The third-order valence-electron chi connectivity index (χ3n) is 4.04. The van der Waals surface area contributed by atoms with Gasteiger partial charge >= 0.3 is 0 Å². The number of hydrogen-bond acceptors (Lipinski definition) is 0. The van der Waals surface area contributed by atoms with Gasteiger partial charge in [-0.2, -0.15) is 0 Å². The molecule has 21 heavy (non-hydrogen) atoms. The number of benzene rings is 3. The van der Waals surface area contributed by atoms with Gasteiger partial charge in [0.2, 0.25) is 0 Å². The van der Waals surface area contributed by atoms with Crippen LogP contribution in [-0.4, -0.2) is 0 Å². The molecular formula is C20H19Cl. The zero-order valence-corrected chi connectivity index (χ0v) is 13.2. The Balaban J connectivity index is 1.94. The first-order valence-electron chi connectivity index (χ1n) is 7.33. The van der Waals surface area contributed by atoms with Gasteiger partial charge in [-0.15, -0.1) is 11.6 Å². The summed E-state index contributed by atoms with van der Waals surface area (Å²) in [5, 5.41) is 2.59. The van der Waals surface area contributed by atoms with E-state index in [9.17, 15) is 0 Å². The molecule has 0 spiro atoms. The Labute approximate surface area is 131 Å². The van der Waals surface area contributed by atoms with Crippen LogP contribution >= 0.6 is 11.6 Å². The van der Waals surface area contributed by atoms with Crippen LogP contribution in [0.1, 0.15) is 27.6 Å². The SMILES string of the molecule is Cc1ccc(C(Cl)Cc2cccc3ccccc23)c(C)c1. The number of hydrogen-bond donors (Lipinski definition) is 0. The Hall–Kier alpha value is -1.79. The van der Waals surface area contributed by atoms with Crippen LogP contribution in [0.3, 0.4) is 0 Å². The second-order valence-electron chi connectivity index (χ2n) is 5.67. The van der Waals surface area contributed by atoms with Crippen molar-refractivity contribution in [2.45, 2.75) is 25.6 Å². The van der Waals surface area contributed by atoms with Crippen molar-refractivity contribution < 1.29 is 0 Å². The summed E-state index contributed by atoms with van der Waals surface area (Å²) in [4.78, 5) is 0. The monoisotopic (exact) mass is 294 g/mol. The Morgan fingerprint density at radius 1 is 0.905 bits per heavy atom. The number of rotatable bonds is 3. The van der Waals surface area contributed by atoms with Crippen LogP contribution in [0, 0.1) is 13.8 Å². The highest BCUT2D eigenvalue weighted by atomic mass is 35.5. The van der Waals surface area contributed by atoms with Crippen LogP contribution in [0.25, 0.3) is 10.8 Å². The predicted molar refractivity (Wildman–Crippen MR) is 92.2 cm³/mol. The van der Waals surface area contributed by atoms with Crippen molar-refractivity contribution in [1.82, 2.24) is 0 Å². The van der Waals surface area contributed by atoms with Crippen LogP contribution in [0.4, 0.5) is 0 Å². The summed E-state index contributed by atoms with van der Waals surface area (Å²) in [5.41, 5.74) is 5.10. The molecule has 1 unspecified atom stereocenters. The van der Waals surface area contributed by atoms with Crippen molar-refractivity contribution in [2.75, 3.05) is 0 Å². The Morgan fingerprint density at radius 3 is 2.48 bits per heavy atom. The van der Waals surface area contributed by atoms with E-state index in [1.807, 2.05) is 0 Å². The van der Waals surface area contributed by atoms with Crippen LogP contribution < -0.4 is 0 Å². The lowest BCUT2D eigenvalue weighted by Crippen LogP contribution is -1.99. The molecule has 0 aliphatic rings. The lowest BCUT2D eigenvalue weighted by Gasteiger charge is -2.15. The minimum atomic E-state index is 0.0106. The standard InChI is InChI=1S/C20H19Cl/c1-14-10-11-18(15(2)12-14)20(21)13-17-8-5-7-16-6-3-4-9-19(16)17/h3-12,20H,13H2,1-2H3. The van der Waals surface area contributed by atoms with Crippen molar-refractivity contribution in [3.63, 3.8) is 0 Å². The second-order valence-corrected chi connectivity index (χ2v) is 6.20. The minimum Gasteiger partial charge on any atom is -0.117 e. The molecule has 1 heteroatoms. The molecule has 3 aromatic rings. The molecule has 0 amide bonds. The molecule has 0 saturated heterocycles. The summed E-state index contributed by atoms with van der Waals surface area (Å²) < 4.78 is 0. The van der Waals surface area contributed by atoms with E-state index in [0.717, 1.165) is 6.42 Å². The first-order valence-corrected chi connectivity index (χ1v) is 7.76. The average Bonchev–Trinajstić information content (AvgIpc) is 2.47. The van der Waals surface area contributed by atoms with E-state index in [1.165, 1.54) is 33.0 Å². The van der Waals surface area contributed by atoms with Gasteiger partial charge in [-0.05, 0) is 47.7 Å². The zero-order valence-electron chi connectivity index (χ0n) is 12.4. The molecule has 0 fully saturated rings. The van der Waals surface area contributed by atoms with Gasteiger partial charge in [-0.3, -0.25) is 0 Å². The molecular weight excluding hydrogens is 276 g/mol. The predicted octanol–water partition coefficient (Wildman–Crippen LogP) is 5.98. The van der Waals surface area contributed by atoms with E-state index >= 15 is 0 Å². The number of fused-ring (bicyclic) bond motifs is 1. The fourth-order valence-corrected chi connectivity index (χ4v) is 3.36. The van der Waals surface area contributed by atoms with Crippen molar-refractivity contribution in [3.8, 4) is 0 Å². The summed E-state index contributed by atoms with van der Waals surface area (Å²) in [6.45, 7) is 4.26. The lowest BCUT2D eigenvalue weighted by molar-refractivity contribution is 0.916. The highest BCUT2D eigenvalue weighted by Crippen LogP contribution is 2.30. The third-order valence-corrected chi connectivity index (χ3v) is 4.43. The summed E-state index contributed by atoms with van der Waals surface area (Å²) in [7, 11) is 0. The molecule has 106 valence electrons. The van der Waals surface area contributed by atoms with Crippen molar-refractivity contribution in [1.29, 1.82) is 0 Å². The highest BCUT2D eigenvalue weighted by molar-refractivity contribution is 6.21. The smallest absolute Gasteiger partial charge is 0.0628 e. The molecule has 0 aliphatic heterocycles. The first kappa shape index (κ1) is 14.2. The molecule has 1 atom stereocenters. The van der Waals surface area contributed by atoms with E-state index in [-0.39, 0.29) is 5.38 Å². The van der Waals surface area contributed by atoms with Gasteiger partial charge in [0, 0.05) is 0 Å². The third kappa shape index (κ3) is 2.96. The van der Waals surface area contributed by atoms with E-state index in [0.29, 0.717) is 0 Å². The fraction of sp³-hybridized carbons (Fsp3) is 0.200. The van der Waals surface area contributed by atoms with Crippen molar-refractivity contribution in [2.24, 2.45) is 0 Å². The lowest BCUT2D eigenvalue weighted by atomic mass is 9.95. The summed E-state index contributed by atoms with van der Waals surface area (Å²) in [6.07, 6.45) is 0.854. The maximum atomic E-state index is 6.70. The Bertz CT molecular complexity index is 768.